The highest BCUT2D eigenvalue weighted by molar-refractivity contribution is 6.25. The number of benzene rings is 7. The molecule has 2 heterocycles. The number of nitrogens with zero attached hydrogens (tertiary/aromatic N) is 4. The SMILES string of the molecule is Fc1cc2c3ccccc3c3ccccc3c2cc1-c1nc(-c2ccccc2)nc(-n2c3ccccc3c3ccccc32)n1. The van der Waals surface area contributed by atoms with Gasteiger partial charge in [-0.25, -0.2) is 9.37 Å². The standard InChI is InChI=1S/C39H23FN4/c40-34-23-32-28-17-7-5-15-26(28)25-14-4-6-16-27(25)31(32)22-33(34)38-41-37(24-12-2-1-3-13-24)42-39(43-38)44-35-20-10-8-18-29(35)30-19-9-11-21-36(30)44/h1-23H. The molecule has 5 heteroatoms. The zero-order valence-electron chi connectivity index (χ0n) is 23.4. The minimum Gasteiger partial charge on any atom is -0.278 e. The fraction of sp³-hybridized carbons (Fsp3) is 0. The van der Waals surface area contributed by atoms with Crippen molar-refractivity contribution in [3.8, 4) is 28.7 Å². The highest BCUT2D eigenvalue weighted by Gasteiger charge is 2.20. The van der Waals surface area contributed by atoms with E-state index in [1.165, 1.54) is 0 Å². The van der Waals surface area contributed by atoms with Crippen molar-refractivity contribution >= 4 is 54.1 Å². The molecule has 0 saturated heterocycles. The Hall–Kier alpha value is -5.94. The minimum absolute atomic E-state index is 0.285. The van der Waals surface area contributed by atoms with Crippen molar-refractivity contribution in [3.05, 3.63) is 145 Å². The van der Waals surface area contributed by atoms with Gasteiger partial charge in [0, 0.05) is 16.3 Å². The molecule has 0 spiro atoms. The molecule has 0 aliphatic rings. The summed E-state index contributed by atoms with van der Waals surface area (Å²) in [5.74, 6) is 0.827. The Morgan fingerprint density at radius 3 is 1.45 bits per heavy atom. The first-order chi connectivity index (χ1) is 21.7. The molecule has 0 bridgehead atoms. The molecule has 9 aromatic rings. The smallest absolute Gasteiger partial charge is 0.238 e. The highest BCUT2D eigenvalue weighted by Crippen LogP contribution is 2.38. The number of hydrogen-bond donors (Lipinski definition) is 0. The van der Waals surface area contributed by atoms with Crippen LogP contribution in [0.2, 0.25) is 0 Å². The summed E-state index contributed by atoms with van der Waals surface area (Å²) in [6.45, 7) is 0. The number of para-hydroxylation sites is 2. The van der Waals surface area contributed by atoms with E-state index < -0.39 is 0 Å². The third-order valence-corrected chi connectivity index (χ3v) is 8.51. The normalized spacial score (nSPS) is 11.8. The molecule has 0 aliphatic carbocycles. The second kappa shape index (κ2) is 9.54. The van der Waals surface area contributed by atoms with Crippen molar-refractivity contribution in [2.75, 3.05) is 0 Å². The first kappa shape index (κ1) is 24.6. The van der Waals surface area contributed by atoms with E-state index in [0.717, 1.165) is 59.7 Å². The molecule has 0 radical (unpaired) electrons. The van der Waals surface area contributed by atoms with Gasteiger partial charge < -0.3 is 0 Å². The van der Waals surface area contributed by atoms with Crippen LogP contribution in [-0.2, 0) is 0 Å². The van der Waals surface area contributed by atoms with E-state index in [-0.39, 0.29) is 11.6 Å². The lowest BCUT2D eigenvalue weighted by molar-refractivity contribution is 0.631. The summed E-state index contributed by atoms with van der Waals surface area (Å²) in [6, 6.07) is 46.2. The van der Waals surface area contributed by atoms with Crippen molar-refractivity contribution < 1.29 is 4.39 Å². The van der Waals surface area contributed by atoms with Crippen molar-refractivity contribution in [2.24, 2.45) is 0 Å². The van der Waals surface area contributed by atoms with E-state index in [1.54, 1.807) is 6.07 Å². The molecule has 2 aromatic heterocycles. The van der Waals surface area contributed by atoms with Crippen LogP contribution in [0, 0.1) is 5.82 Å². The van der Waals surface area contributed by atoms with Crippen LogP contribution in [-0.4, -0.2) is 19.5 Å². The molecule has 0 N–H and O–H groups in total. The van der Waals surface area contributed by atoms with Crippen LogP contribution in [0.15, 0.2) is 140 Å². The van der Waals surface area contributed by atoms with Crippen LogP contribution in [0.5, 0.6) is 0 Å². The van der Waals surface area contributed by atoms with E-state index in [2.05, 4.69) is 48.5 Å². The zero-order valence-corrected chi connectivity index (χ0v) is 23.4. The molecule has 0 aliphatic heterocycles. The lowest BCUT2D eigenvalue weighted by Gasteiger charge is -2.14. The van der Waals surface area contributed by atoms with E-state index in [1.807, 2.05) is 89.5 Å². The van der Waals surface area contributed by atoms with E-state index in [9.17, 15) is 0 Å². The Morgan fingerprint density at radius 1 is 0.409 bits per heavy atom. The maximum Gasteiger partial charge on any atom is 0.238 e. The third-order valence-electron chi connectivity index (χ3n) is 8.51. The number of fused-ring (bicyclic) bond motifs is 9. The van der Waals surface area contributed by atoms with Gasteiger partial charge in [-0.1, -0.05) is 115 Å². The highest BCUT2D eigenvalue weighted by atomic mass is 19.1. The molecule has 9 rings (SSSR count). The van der Waals surface area contributed by atoms with E-state index in [4.69, 9.17) is 15.0 Å². The first-order valence-electron chi connectivity index (χ1n) is 14.6. The summed E-state index contributed by atoms with van der Waals surface area (Å²) in [4.78, 5) is 14.8. The van der Waals surface area contributed by atoms with Gasteiger partial charge in [0.15, 0.2) is 11.6 Å². The van der Waals surface area contributed by atoms with Crippen molar-refractivity contribution in [2.45, 2.75) is 0 Å². The van der Waals surface area contributed by atoms with Gasteiger partial charge >= 0.3 is 0 Å². The van der Waals surface area contributed by atoms with E-state index in [0.29, 0.717) is 17.3 Å². The Labute approximate surface area is 251 Å². The van der Waals surface area contributed by atoms with Gasteiger partial charge in [-0.3, -0.25) is 4.57 Å². The van der Waals surface area contributed by atoms with Crippen LogP contribution in [0.25, 0.3) is 82.8 Å². The predicted molar refractivity (Wildman–Crippen MR) is 178 cm³/mol. The quantitative estimate of drug-likeness (QED) is 0.200. The summed E-state index contributed by atoms with van der Waals surface area (Å²) in [5, 5.41) is 8.31. The van der Waals surface area contributed by atoms with Gasteiger partial charge in [0.05, 0.1) is 16.6 Å². The number of aromatic nitrogens is 4. The lowest BCUT2D eigenvalue weighted by Crippen LogP contribution is -2.07. The summed E-state index contributed by atoms with van der Waals surface area (Å²) >= 11 is 0. The third kappa shape index (κ3) is 3.66. The van der Waals surface area contributed by atoms with Crippen molar-refractivity contribution in [1.29, 1.82) is 0 Å². The van der Waals surface area contributed by atoms with Crippen LogP contribution in [0.3, 0.4) is 0 Å². The predicted octanol–water partition coefficient (Wildman–Crippen LogP) is 9.90. The topological polar surface area (TPSA) is 43.6 Å². The molecule has 0 atom stereocenters. The van der Waals surface area contributed by atoms with Crippen LogP contribution < -0.4 is 0 Å². The van der Waals surface area contributed by atoms with Crippen molar-refractivity contribution in [3.63, 3.8) is 0 Å². The molecule has 4 nitrogen and oxygen atoms in total. The molecule has 44 heavy (non-hydrogen) atoms. The van der Waals surface area contributed by atoms with E-state index >= 15 is 4.39 Å². The lowest BCUT2D eigenvalue weighted by atomic mass is 9.93. The molecule has 0 saturated carbocycles. The molecular formula is C39H23FN4. The Morgan fingerprint density at radius 2 is 0.864 bits per heavy atom. The molecular weight excluding hydrogens is 543 g/mol. The first-order valence-corrected chi connectivity index (χ1v) is 14.6. The van der Waals surface area contributed by atoms with Crippen LogP contribution in [0.1, 0.15) is 0 Å². The van der Waals surface area contributed by atoms with Gasteiger partial charge in [-0.05, 0) is 56.6 Å². The summed E-state index contributed by atoms with van der Waals surface area (Å²) < 4.78 is 18.4. The zero-order chi connectivity index (χ0) is 29.2. The van der Waals surface area contributed by atoms with Gasteiger partial charge in [0.25, 0.3) is 0 Å². The van der Waals surface area contributed by atoms with Crippen LogP contribution >= 0.6 is 0 Å². The second-order valence-electron chi connectivity index (χ2n) is 11.0. The van der Waals surface area contributed by atoms with Crippen LogP contribution in [0.4, 0.5) is 4.39 Å². The van der Waals surface area contributed by atoms with Gasteiger partial charge in [-0.15, -0.1) is 0 Å². The monoisotopic (exact) mass is 566 g/mol. The van der Waals surface area contributed by atoms with Crippen molar-refractivity contribution in [1.82, 2.24) is 19.5 Å². The van der Waals surface area contributed by atoms with Gasteiger partial charge in [0.2, 0.25) is 5.95 Å². The molecule has 0 amide bonds. The Balaban J connectivity index is 1.38. The van der Waals surface area contributed by atoms with Gasteiger partial charge in [0.1, 0.15) is 5.82 Å². The number of hydrogen-bond acceptors (Lipinski definition) is 3. The summed E-state index contributed by atoms with van der Waals surface area (Å²) in [5.41, 5.74) is 3.11. The second-order valence-corrected chi connectivity index (χ2v) is 11.0. The average Bonchev–Trinajstić information content (AvgIpc) is 3.43. The fourth-order valence-corrected chi connectivity index (χ4v) is 6.54. The molecule has 206 valence electrons. The summed E-state index contributed by atoms with van der Waals surface area (Å²) in [7, 11) is 0. The molecule has 0 unspecified atom stereocenters. The maximum atomic E-state index is 16.3. The Kier molecular flexibility index (Phi) is 5.34. The number of halogens is 1. The number of rotatable bonds is 3. The molecule has 7 aromatic carbocycles. The average molecular weight is 567 g/mol. The minimum atomic E-state index is -0.378. The van der Waals surface area contributed by atoms with Gasteiger partial charge in [-0.2, -0.15) is 9.97 Å². The summed E-state index contributed by atoms with van der Waals surface area (Å²) in [6.07, 6.45) is 0. The largest absolute Gasteiger partial charge is 0.278 e. The molecule has 0 fully saturated rings. The Bertz CT molecular complexity index is 2520. The fourth-order valence-electron chi connectivity index (χ4n) is 6.54. The maximum absolute atomic E-state index is 16.3.